The molecule has 0 saturated carbocycles. The van der Waals surface area contributed by atoms with Gasteiger partial charge >= 0.3 is 6.18 Å². The number of hydrogen-bond donors (Lipinski definition) is 0. The molecule has 70 heavy (non-hydrogen) atoms. The zero-order valence-corrected chi connectivity index (χ0v) is 37.0. The lowest BCUT2D eigenvalue weighted by molar-refractivity contribution is -0.137. The van der Waals surface area contributed by atoms with Crippen LogP contribution in [0.3, 0.4) is 0 Å². The molecular weight excluding hydrogens is 874 g/mol. The van der Waals surface area contributed by atoms with Crippen LogP contribution >= 0.6 is 0 Å². The fourth-order valence-corrected chi connectivity index (χ4v) is 9.99. The van der Waals surface area contributed by atoms with Gasteiger partial charge in [-0.05, 0) is 82.9 Å². The van der Waals surface area contributed by atoms with Gasteiger partial charge in [0.2, 0.25) is 0 Å². The third kappa shape index (κ3) is 6.96. The first-order chi connectivity index (χ1) is 34.3. The summed E-state index contributed by atoms with van der Waals surface area (Å²) in [4.78, 5) is 13.1. The summed E-state index contributed by atoms with van der Waals surface area (Å²) in [7, 11) is 0. The summed E-state index contributed by atoms with van der Waals surface area (Å²) >= 11 is 0. The van der Waals surface area contributed by atoms with E-state index in [0.717, 1.165) is 72.4 Å². The Morgan fingerprint density at radius 3 is 1.37 bits per heavy atom. The molecular formula is C61H35F3N6. The number of pyridine rings is 2. The Morgan fingerprint density at radius 1 is 0.443 bits per heavy atom. The van der Waals surface area contributed by atoms with Crippen molar-refractivity contribution >= 4 is 49.3 Å². The number of nitriles is 1. The summed E-state index contributed by atoms with van der Waals surface area (Å²) in [5, 5.41) is 14.4. The highest BCUT2D eigenvalue weighted by molar-refractivity contribution is 6.13. The molecule has 9 heteroatoms. The number of hydrogen-bond acceptors (Lipinski definition) is 3. The van der Waals surface area contributed by atoms with Crippen molar-refractivity contribution in [3.8, 4) is 73.3 Å². The van der Waals surface area contributed by atoms with E-state index in [2.05, 4.69) is 20.9 Å². The van der Waals surface area contributed by atoms with Crippen LogP contribution in [-0.2, 0) is 6.18 Å². The average Bonchev–Trinajstić information content (AvgIpc) is 3.92. The van der Waals surface area contributed by atoms with E-state index < -0.39 is 11.7 Å². The molecule has 0 unspecified atom stereocenters. The lowest BCUT2D eigenvalue weighted by Gasteiger charge is -2.24. The molecule has 0 fully saturated rings. The highest BCUT2D eigenvalue weighted by atomic mass is 19.4. The minimum atomic E-state index is -4.87. The number of nitrogens with zero attached hydrogens (tertiary/aromatic N) is 6. The standard InChI is InChI=1S/C61H35F3N6/c1-66-50-20-12-19-49(61(62,63)64)59(50)60-57(69-53-21-10-8-17-45(53)47-25-23-41(35-55(47)69)43-27-29-67-51(33-43)39-13-4-2-5-14-39)31-38(37-65)32-58(60)70-54-22-11-9-18-46(54)48-26-24-42(36-56(48)70)44-28-30-68-52(34-44)40-15-6-3-7-16-40/h2-36H. The Balaban J connectivity index is 1.20. The number of para-hydroxylation sites is 2. The molecule has 0 aliphatic rings. The normalized spacial score (nSPS) is 11.6. The second-order valence-corrected chi connectivity index (χ2v) is 17.1. The Kier molecular flexibility index (Phi) is 9.94. The molecule has 0 spiro atoms. The van der Waals surface area contributed by atoms with Crippen molar-refractivity contribution in [3.63, 3.8) is 0 Å². The maximum absolute atomic E-state index is 15.8. The predicted molar refractivity (Wildman–Crippen MR) is 274 cm³/mol. The maximum Gasteiger partial charge on any atom is 0.415 e. The van der Waals surface area contributed by atoms with Gasteiger partial charge < -0.3 is 9.13 Å². The quantitative estimate of drug-likeness (QED) is 0.150. The van der Waals surface area contributed by atoms with Crippen molar-refractivity contribution in [2.75, 3.05) is 0 Å². The Bertz CT molecular complexity index is 3920. The van der Waals surface area contributed by atoms with Crippen LogP contribution in [0.2, 0.25) is 0 Å². The van der Waals surface area contributed by atoms with Gasteiger partial charge in [0.15, 0.2) is 5.69 Å². The van der Waals surface area contributed by atoms with E-state index in [1.165, 1.54) is 12.1 Å². The van der Waals surface area contributed by atoms with Crippen LogP contribution in [0.1, 0.15) is 11.1 Å². The van der Waals surface area contributed by atoms with Gasteiger partial charge in [-0.1, -0.05) is 140 Å². The molecule has 6 nitrogen and oxygen atoms in total. The molecule has 330 valence electrons. The Morgan fingerprint density at radius 2 is 0.900 bits per heavy atom. The van der Waals surface area contributed by atoms with Gasteiger partial charge in [0.25, 0.3) is 0 Å². The van der Waals surface area contributed by atoms with Gasteiger partial charge in [0.05, 0.1) is 68.6 Å². The summed E-state index contributed by atoms with van der Waals surface area (Å²) in [6.45, 7) is 8.42. The van der Waals surface area contributed by atoms with Crippen LogP contribution in [0.25, 0.3) is 116 Å². The van der Waals surface area contributed by atoms with Gasteiger partial charge in [0, 0.05) is 56.2 Å². The summed E-state index contributed by atoms with van der Waals surface area (Å²) in [6.07, 6.45) is -1.33. The molecule has 4 aromatic heterocycles. The van der Waals surface area contributed by atoms with Crippen LogP contribution < -0.4 is 0 Å². The highest BCUT2D eigenvalue weighted by Gasteiger charge is 2.37. The van der Waals surface area contributed by atoms with Crippen molar-refractivity contribution in [3.05, 3.63) is 235 Å². The molecule has 12 rings (SSSR count). The van der Waals surface area contributed by atoms with E-state index in [-0.39, 0.29) is 22.4 Å². The van der Waals surface area contributed by atoms with E-state index >= 15 is 13.2 Å². The van der Waals surface area contributed by atoms with E-state index in [4.69, 9.17) is 6.57 Å². The van der Waals surface area contributed by atoms with Crippen LogP contribution in [0.4, 0.5) is 18.9 Å². The first kappa shape index (κ1) is 41.8. The van der Waals surface area contributed by atoms with Crippen molar-refractivity contribution in [2.24, 2.45) is 0 Å². The number of halogens is 3. The average molecular weight is 909 g/mol. The summed E-state index contributed by atoms with van der Waals surface area (Å²) in [5.41, 5.74) is 9.35. The Hall–Kier alpha value is -9.57. The molecule has 0 aliphatic heterocycles. The third-order valence-corrected chi connectivity index (χ3v) is 13.1. The molecule has 0 aliphatic carbocycles. The molecule has 8 aromatic carbocycles. The zero-order valence-electron chi connectivity index (χ0n) is 37.0. The van der Waals surface area contributed by atoms with Gasteiger partial charge in [0.1, 0.15) is 0 Å². The molecule has 0 radical (unpaired) electrons. The third-order valence-electron chi connectivity index (χ3n) is 13.1. The minimum Gasteiger partial charge on any atom is -0.309 e. The predicted octanol–water partition coefficient (Wildman–Crippen LogP) is 16.4. The molecule has 0 amide bonds. The number of alkyl halides is 3. The van der Waals surface area contributed by atoms with E-state index in [9.17, 15) is 5.26 Å². The molecule has 12 aromatic rings. The molecule has 0 N–H and O–H groups in total. The van der Waals surface area contributed by atoms with Crippen LogP contribution in [0.15, 0.2) is 213 Å². The smallest absolute Gasteiger partial charge is 0.309 e. The van der Waals surface area contributed by atoms with Gasteiger partial charge in [-0.15, -0.1) is 0 Å². The lowest BCUT2D eigenvalue weighted by atomic mass is 9.92. The number of benzene rings is 8. The second kappa shape index (κ2) is 16.6. The molecule has 0 bridgehead atoms. The van der Waals surface area contributed by atoms with Crippen LogP contribution in [0.5, 0.6) is 0 Å². The zero-order chi connectivity index (χ0) is 47.5. The fraction of sp³-hybridized carbons (Fsp3) is 0.0164. The number of fused-ring (bicyclic) bond motifs is 6. The monoisotopic (exact) mass is 908 g/mol. The minimum absolute atomic E-state index is 0.143. The molecule has 4 heterocycles. The number of rotatable bonds is 7. The van der Waals surface area contributed by atoms with Crippen molar-refractivity contribution < 1.29 is 13.2 Å². The van der Waals surface area contributed by atoms with Crippen LogP contribution in [-0.4, -0.2) is 19.1 Å². The maximum atomic E-state index is 15.8. The van der Waals surface area contributed by atoms with Gasteiger partial charge in [-0.2, -0.15) is 18.4 Å². The first-order valence-corrected chi connectivity index (χ1v) is 22.5. The molecule has 0 atom stereocenters. The lowest BCUT2D eigenvalue weighted by Crippen LogP contribution is -2.11. The van der Waals surface area contributed by atoms with E-state index in [1.807, 2.05) is 179 Å². The first-order valence-electron chi connectivity index (χ1n) is 22.5. The summed E-state index contributed by atoms with van der Waals surface area (Å²) < 4.78 is 51.2. The SMILES string of the molecule is [C-]#[N+]c1cccc(C(F)(F)F)c1-c1c(-n2c3ccccc3c3ccc(-c4ccnc(-c5ccccc5)c4)cc32)cc(C#N)cc1-n1c2ccccc2c2ccc(-c3ccnc(-c4ccccc4)c3)cc21. The highest BCUT2D eigenvalue weighted by Crippen LogP contribution is 2.50. The number of aromatic nitrogens is 4. The van der Waals surface area contributed by atoms with E-state index in [1.54, 1.807) is 24.5 Å². The molecule has 0 saturated heterocycles. The van der Waals surface area contributed by atoms with Crippen molar-refractivity contribution in [1.29, 1.82) is 5.26 Å². The van der Waals surface area contributed by atoms with Crippen LogP contribution in [0, 0.1) is 17.9 Å². The summed E-state index contributed by atoms with van der Waals surface area (Å²) in [6, 6.07) is 64.9. The summed E-state index contributed by atoms with van der Waals surface area (Å²) in [5.74, 6) is 0. The van der Waals surface area contributed by atoms with Gasteiger partial charge in [-0.3, -0.25) is 9.97 Å². The topological polar surface area (TPSA) is 63.8 Å². The van der Waals surface area contributed by atoms with Crippen molar-refractivity contribution in [1.82, 2.24) is 19.1 Å². The second-order valence-electron chi connectivity index (χ2n) is 17.1. The fourth-order valence-electron chi connectivity index (χ4n) is 9.99. The largest absolute Gasteiger partial charge is 0.415 e. The van der Waals surface area contributed by atoms with E-state index in [0.29, 0.717) is 33.4 Å². The van der Waals surface area contributed by atoms with Crippen molar-refractivity contribution in [2.45, 2.75) is 6.18 Å². The Labute approximate surface area is 399 Å². The van der Waals surface area contributed by atoms with Gasteiger partial charge in [-0.25, -0.2) is 4.85 Å².